The number of hydrogen-bond acceptors (Lipinski definition) is 5. The molecule has 0 saturated carbocycles. The molecule has 1 fully saturated rings. The highest BCUT2D eigenvalue weighted by atomic mass is 32.1. The summed E-state index contributed by atoms with van der Waals surface area (Å²) in [6.07, 6.45) is 4.36. The zero-order valence-corrected chi connectivity index (χ0v) is 15.0. The number of hydrazine groups is 1. The highest BCUT2D eigenvalue weighted by molar-refractivity contribution is 7.18. The fraction of sp³-hybridized carbons (Fsp3) is 0.368. The van der Waals surface area contributed by atoms with Crippen LogP contribution in [0.15, 0.2) is 29.1 Å². The van der Waals surface area contributed by atoms with E-state index in [4.69, 9.17) is 4.98 Å². The van der Waals surface area contributed by atoms with E-state index in [1.165, 1.54) is 29.0 Å². The summed E-state index contributed by atoms with van der Waals surface area (Å²) >= 11 is 1.66. The zero-order valence-electron chi connectivity index (χ0n) is 14.1. The quantitative estimate of drug-likeness (QED) is 0.649. The Hall–Kier alpha value is -2.09. The maximum atomic E-state index is 13.2. The number of H-pyrrole nitrogens is 1. The van der Waals surface area contributed by atoms with Gasteiger partial charge in [0.15, 0.2) is 0 Å². The van der Waals surface area contributed by atoms with Crippen molar-refractivity contribution >= 4 is 21.6 Å². The lowest BCUT2D eigenvalue weighted by atomic mass is 9.94. The number of nitrogens with one attached hydrogen (secondary N) is 3. The SMILES string of the molecule is O=c1[nH]c(C2CNNC2c2ccc(F)cc2)nc2sc3c(c12)CCCC3. The lowest BCUT2D eigenvalue weighted by Gasteiger charge is -2.18. The lowest BCUT2D eigenvalue weighted by molar-refractivity contribution is 0.539. The van der Waals surface area contributed by atoms with E-state index in [2.05, 4.69) is 15.8 Å². The van der Waals surface area contributed by atoms with Gasteiger partial charge in [-0.2, -0.15) is 0 Å². The second-order valence-electron chi connectivity index (χ2n) is 7.00. The summed E-state index contributed by atoms with van der Waals surface area (Å²) in [7, 11) is 0. The Morgan fingerprint density at radius 3 is 2.81 bits per heavy atom. The van der Waals surface area contributed by atoms with Gasteiger partial charge >= 0.3 is 0 Å². The van der Waals surface area contributed by atoms with E-state index < -0.39 is 0 Å². The Labute approximate surface area is 153 Å². The van der Waals surface area contributed by atoms with Crippen molar-refractivity contribution in [3.63, 3.8) is 0 Å². The first-order valence-electron chi connectivity index (χ1n) is 8.99. The monoisotopic (exact) mass is 370 g/mol. The molecule has 3 heterocycles. The standard InChI is InChI=1S/C19H19FN4OS/c20-11-7-5-10(6-8-11)16-13(9-21-24-16)17-22-18(25)15-12-3-1-2-4-14(12)26-19(15)23-17/h5-8,13,16,21,24H,1-4,9H2,(H,22,23,25). The lowest BCUT2D eigenvalue weighted by Crippen LogP contribution is -2.25. The van der Waals surface area contributed by atoms with E-state index >= 15 is 0 Å². The van der Waals surface area contributed by atoms with Crippen LogP contribution in [-0.4, -0.2) is 16.5 Å². The average Bonchev–Trinajstić information content (AvgIpc) is 3.26. The molecule has 134 valence electrons. The summed E-state index contributed by atoms with van der Waals surface area (Å²) in [5, 5.41) is 0.783. The number of aromatic amines is 1. The van der Waals surface area contributed by atoms with Gasteiger partial charge in [-0.15, -0.1) is 11.3 Å². The predicted octanol–water partition coefficient (Wildman–Crippen LogP) is 2.94. The van der Waals surface area contributed by atoms with Gasteiger partial charge in [-0.1, -0.05) is 12.1 Å². The van der Waals surface area contributed by atoms with Crippen LogP contribution in [0.1, 0.15) is 46.6 Å². The highest BCUT2D eigenvalue weighted by Crippen LogP contribution is 2.36. The second-order valence-corrected chi connectivity index (χ2v) is 8.09. The van der Waals surface area contributed by atoms with E-state index in [0.29, 0.717) is 12.4 Å². The molecule has 1 aliphatic carbocycles. The smallest absolute Gasteiger partial charge is 0.259 e. The number of nitrogens with zero attached hydrogens (tertiary/aromatic N) is 1. The Kier molecular flexibility index (Phi) is 3.88. The number of hydrogen-bond donors (Lipinski definition) is 3. The van der Waals surface area contributed by atoms with Crippen LogP contribution < -0.4 is 16.4 Å². The fourth-order valence-electron chi connectivity index (χ4n) is 4.09. The molecule has 2 aliphatic rings. The van der Waals surface area contributed by atoms with E-state index in [1.54, 1.807) is 23.5 Å². The summed E-state index contributed by atoms with van der Waals surface area (Å²) in [6.45, 7) is 0.654. The van der Waals surface area contributed by atoms with Gasteiger partial charge in [-0.05, 0) is 48.9 Å². The molecule has 0 spiro atoms. The predicted molar refractivity (Wildman–Crippen MR) is 99.9 cm³/mol. The van der Waals surface area contributed by atoms with Crippen molar-refractivity contribution in [3.05, 3.63) is 62.3 Å². The molecule has 1 saturated heterocycles. The molecular weight excluding hydrogens is 351 g/mol. The van der Waals surface area contributed by atoms with Gasteiger partial charge in [0.1, 0.15) is 16.5 Å². The Bertz CT molecular complexity index is 1030. The molecule has 1 aliphatic heterocycles. The summed E-state index contributed by atoms with van der Waals surface area (Å²) in [5.74, 6) is 0.415. The fourth-order valence-corrected chi connectivity index (χ4v) is 5.36. The van der Waals surface area contributed by atoms with Crippen molar-refractivity contribution in [1.82, 2.24) is 20.8 Å². The third-order valence-corrected chi connectivity index (χ3v) is 6.59. The molecule has 3 aromatic rings. The molecule has 1 aromatic carbocycles. The number of aryl methyl sites for hydroxylation is 2. The van der Waals surface area contributed by atoms with Crippen LogP contribution in [0.3, 0.4) is 0 Å². The minimum absolute atomic E-state index is 0.0170. The summed E-state index contributed by atoms with van der Waals surface area (Å²) < 4.78 is 13.2. The van der Waals surface area contributed by atoms with E-state index in [1.807, 2.05) is 0 Å². The van der Waals surface area contributed by atoms with Crippen molar-refractivity contribution in [2.24, 2.45) is 0 Å². The molecule has 0 radical (unpaired) electrons. The second kappa shape index (κ2) is 6.26. The number of rotatable bonds is 2. The van der Waals surface area contributed by atoms with Crippen LogP contribution in [0.4, 0.5) is 4.39 Å². The van der Waals surface area contributed by atoms with Gasteiger partial charge in [0.25, 0.3) is 5.56 Å². The van der Waals surface area contributed by atoms with E-state index in [0.717, 1.165) is 35.0 Å². The molecule has 7 heteroatoms. The number of benzene rings is 1. The Morgan fingerprint density at radius 2 is 1.96 bits per heavy atom. The van der Waals surface area contributed by atoms with Crippen LogP contribution in [0, 0.1) is 5.82 Å². The number of thiophene rings is 1. The van der Waals surface area contributed by atoms with Crippen LogP contribution in [0.2, 0.25) is 0 Å². The maximum absolute atomic E-state index is 13.2. The van der Waals surface area contributed by atoms with Gasteiger partial charge in [0.2, 0.25) is 0 Å². The maximum Gasteiger partial charge on any atom is 0.259 e. The first kappa shape index (κ1) is 16.1. The molecule has 0 bridgehead atoms. The molecule has 5 nitrogen and oxygen atoms in total. The molecule has 0 amide bonds. The van der Waals surface area contributed by atoms with Crippen molar-refractivity contribution in [1.29, 1.82) is 0 Å². The minimum atomic E-state index is -0.256. The number of aromatic nitrogens is 2. The van der Waals surface area contributed by atoms with Gasteiger partial charge in [0, 0.05) is 11.4 Å². The first-order chi connectivity index (χ1) is 12.7. The Morgan fingerprint density at radius 1 is 1.15 bits per heavy atom. The van der Waals surface area contributed by atoms with Gasteiger partial charge in [0.05, 0.1) is 17.3 Å². The topological polar surface area (TPSA) is 69.8 Å². The van der Waals surface area contributed by atoms with Crippen LogP contribution in [-0.2, 0) is 12.8 Å². The highest BCUT2D eigenvalue weighted by Gasteiger charge is 2.32. The van der Waals surface area contributed by atoms with E-state index in [-0.39, 0.29) is 23.3 Å². The number of fused-ring (bicyclic) bond motifs is 3. The first-order valence-corrected chi connectivity index (χ1v) is 9.80. The van der Waals surface area contributed by atoms with Crippen LogP contribution in [0.5, 0.6) is 0 Å². The normalized spacial score (nSPS) is 22.7. The van der Waals surface area contributed by atoms with Crippen molar-refractivity contribution in [2.45, 2.75) is 37.6 Å². The molecule has 2 atom stereocenters. The van der Waals surface area contributed by atoms with Crippen molar-refractivity contribution in [3.8, 4) is 0 Å². The van der Waals surface area contributed by atoms with Gasteiger partial charge in [-0.3, -0.25) is 10.2 Å². The summed E-state index contributed by atoms with van der Waals surface area (Å²) in [4.78, 5) is 22.8. The summed E-state index contributed by atoms with van der Waals surface area (Å²) in [6, 6.07) is 6.39. The Balaban J connectivity index is 1.57. The van der Waals surface area contributed by atoms with Crippen molar-refractivity contribution in [2.75, 3.05) is 6.54 Å². The molecule has 3 N–H and O–H groups in total. The number of halogens is 1. The average molecular weight is 370 g/mol. The molecule has 26 heavy (non-hydrogen) atoms. The minimum Gasteiger partial charge on any atom is -0.310 e. The largest absolute Gasteiger partial charge is 0.310 e. The third kappa shape index (κ3) is 2.58. The van der Waals surface area contributed by atoms with E-state index in [9.17, 15) is 9.18 Å². The molecule has 2 aromatic heterocycles. The summed E-state index contributed by atoms with van der Waals surface area (Å²) in [5.41, 5.74) is 8.51. The molecular formula is C19H19FN4OS. The van der Waals surface area contributed by atoms with Crippen LogP contribution >= 0.6 is 11.3 Å². The van der Waals surface area contributed by atoms with Gasteiger partial charge in [-0.25, -0.2) is 14.8 Å². The molecule has 2 unspecified atom stereocenters. The zero-order chi connectivity index (χ0) is 17.7. The third-order valence-electron chi connectivity index (χ3n) is 5.41. The van der Waals surface area contributed by atoms with Crippen molar-refractivity contribution < 1.29 is 4.39 Å². The molecule has 5 rings (SSSR count). The van der Waals surface area contributed by atoms with Gasteiger partial charge < -0.3 is 4.98 Å². The van der Waals surface area contributed by atoms with Crippen LogP contribution in [0.25, 0.3) is 10.2 Å².